The molecule has 1 aliphatic carbocycles. The number of piperidine rings is 1. The number of hydrogen-bond donors (Lipinski definition) is 2. The molecule has 1 saturated heterocycles. The van der Waals surface area contributed by atoms with Crippen LogP contribution >= 0.6 is 24.0 Å². The maximum atomic E-state index is 13.9. The van der Waals surface area contributed by atoms with E-state index in [4.69, 9.17) is 11.6 Å². The summed E-state index contributed by atoms with van der Waals surface area (Å²) in [6.07, 6.45) is 3.07. The zero-order valence-corrected chi connectivity index (χ0v) is 14.1. The van der Waals surface area contributed by atoms with Crippen molar-refractivity contribution < 1.29 is 9.18 Å². The topological polar surface area (TPSA) is 41.1 Å². The molecule has 6 heteroatoms. The third-order valence-corrected chi connectivity index (χ3v) is 5.23. The summed E-state index contributed by atoms with van der Waals surface area (Å²) in [5.74, 6) is -0.265. The van der Waals surface area contributed by atoms with Crippen molar-refractivity contribution >= 4 is 29.9 Å². The van der Waals surface area contributed by atoms with E-state index in [1.807, 2.05) is 0 Å². The van der Waals surface area contributed by atoms with Gasteiger partial charge in [-0.3, -0.25) is 4.79 Å². The minimum Gasteiger partial charge on any atom is -0.349 e. The molecule has 0 aromatic heterocycles. The van der Waals surface area contributed by atoms with Crippen LogP contribution in [0.2, 0.25) is 5.02 Å². The van der Waals surface area contributed by atoms with Gasteiger partial charge in [0.2, 0.25) is 5.91 Å². The fourth-order valence-electron chi connectivity index (χ4n) is 3.51. The number of rotatable bonds is 3. The van der Waals surface area contributed by atoms with Crippen LogP contribution in [0, 0.1) is 17.2 Å². The molecule has 22 heavy (non-hydrogen) atoms. The second-order valence-electron chi connectivity index (χ2n) is 6.23. The Morgan fingerprint density at radius 1 is 1.45 bits per heavy atom. The quantitative estimate of drug-likeness (QED) is 0.879. The largest absolute Gasteiger partial charge is 0.349 e. The van der Waals surface area contributed by atoms with Gasteiger partial charge in [0, 0.05) is 16.5 Å². The van der Waals surface area contributed by atoms with Gasteiger partial charge in [0.25, 0.3) is 0 Å². The van der Waals surface area contributed by atoms with E-state index in [-0.39, 0.29) is 35.5 Å². The van der Waals surface area contributed by atoms with Crippen LogP contribution in [-0.4, -0.2) is 19.0 Å². The Kier molecular flexibility index (Phi) is 5.36. The van der Waals surface area contributed by atoms with Crippen molar-refractivity contribution in [1.29, 1.82) is 0 Å². The monoisotopic (exact) mass is 346 g/mol. The minimum atomic E-state index is -0.412. The summed E-state index contributed by atoms with van der Waals surface area (Å²) in [5.41, 5.74) is 0.557. The average Bonchev–Trinajstić information content (AvgIpc) is 3.13. The van der Waals surface area contributed by atoms with Crippen LogP contribution in [0.15, 0.2) is 18.2 Å². The smallest absolute Gasteiger partial charge is 0.224 e. The lowest BCUT2D eigenvalue weighted by atomic mass is 9.91. The van der Waals surface area contributed by atoms with E-state index in [0.717, 1.165) is 32.4 Å². The molecule has 0 bridgehead atoms. The molecule has 122 valence electrons. The Morgan fingerprint density at radius 3 is 2.77 bits per heavy atom. The Hall–Kier alpha value is -0.840. The Bertz CT molecular complexity index is 541. The summed E-state index contributed by atoms with van der Waals surface area (Å²) >= 11 is 6.05. The fraction of sp³-hybridized carbons (Fsp3) is 0.562. The van der Waals surface area contributed by atoms with Crippen molar-refractivity contribution in [2.45, 2.75) is 32.2 Å². The highest BCUT2D eigenvalue weighted by atomic mass is 35.5. The van der Waals surface area contributed by atoms with E-state index < -0.39 is 6.04 Å². The maximum absolute atomic E-state index is 13.9. The Morgan fingerprint density at radius 2 is 2.14 bits per heavy atom. The van der Waals surface area contributed by atoms with Gasteiger partial charge in [0.1, 0.15) is 5.82 Å². The molecule has 1 aliphatic heterocycles. The SMILES string of the molecule is CC(NC(=O)C1CC12CCNCC2)c1c(F)cccc1Cl.Cl. The number of amides is 1. The normalized spacial score (nSPS) is 23.5. The van der Waals surface area contributed by atoms with Gasteiger partial charge in [-0.05, 0) is 56.8 Å². The molecule has 3 nitrogen and oxygen atoms in total. The highest BCUT2D eigenvalue weighted by Crippen LogP contribution is 2.58. The molecule has 3 rings (SSSR count). The van der Waals surface area contributed by atoms with Gasteiger partial charge in [-0.25, -0.2) is 4.39 Å². The lowest BCUT2D eigenvalue weighted by molar-refractivity contribution is -0.123. The molecule has 2 N–H and O–H groups in total. The number of benzene rings is 1. The molecular formula is C16H21Cl2FN2O. The first kappa shape index (κ1) is 17.5. The molecule has 0 radical (unpaired) electrons. The van der Waals surface area contributed by atoms with E-state index in [0.29, 0.717) is 10.6 Å². The molecular weight excluding hydrogens is 326 g/mol. The van der Waals surface area contributed by atoms with Crippen molar-refractivity contribution in [3.63, 3.8) is 0 Å². The van der Waals surface area contributed by atoms with Gasteiger partial charge >= 0.3 is 0 Å². The second kappa shape index (κ2) is 6.73. The van der Waals surface area contributed by atoms with Gasteiger partial charge in [-0.15, -0.1) is 12.4 Å². The molecule has 1 amide bonds. The summed E-state index contributed by atoms with van der Waals surface area (Å²) in [4.78, 5) is 12.4. The molecule has 2 fully saturated rings. The van der Waals surface area contributed by atoms with Crippen LogP contribution in [0.1, 0.15) is 37.8 Å². The van der Waals surface area contributed by atoms with E-state index in [1.54, 1.807) is 19.1 Å². The summed E-state index contributed by atoms with van der Waals surface area (Å²) < 4.78 is 13.9. The van der Waals surface area contributed by atoms with Crippen LogP contribution in [-0.2, 0) is 4.79 Å². The standard InChI is InChI=1S/C16H20ClFN2O.ClH/c1-10(14-12(17)3-2-4-13(14)18)20-15(21)11-9-16(11)5-7-19-8-6-16;/h2-4,10-11,19H,5-9H2,1H3,(H,20,21);1H. The van der Waals surface area contributed by atoms with E-state index in [9.17, 15) is 9.18 Å². The molecule has 1 heterocycles. The minimum absolute atomic E-state index is 0. The van der Waals surface area contributed by atoms with E-state index >= 15 is 0 Å². The van der Waals surface area contributed by atoms with Gasteiger partial charge in [-0.2, -0.15) is 0 Å². The predicted molar refractivity (Wildman–Crippen MR) is 87.9 cm³/mol. The second-order valence-corrected chi connectivity index (χ2v) is 6.64. The number of halogens is 3. The first-order valence-corrected chi connectivity index (χ1v) is 7.86. The zero-order chi connectivity index (χ0) is 15.0. The Balaban J connectivity index is 0.00000176. The number of carbonyl (C=O) groups excluding carboxylic acids is 1. The number of carbonyl (C=O) groups is 1. The van der Waals surface area contributed by atoms with Crippen molar-refractivity contribution in [2.75, 3.05) is 13.1 Å². The van der Waals surface area contributed by atoms with Crippen LogP contribution in [0.4, 0.5) is 4.39 Å². The van der Waals surface area contributed by atoms with Crippen LogP contribution in [0.5, 0.6) is 0 Å². The van der Waals surface area contributed by atoms with Crippen molar-refractivity contribution in [3.8, 4) is 0 Å². The lowest BCUT2D eigenvalue weighted by Gasteiger charge is -2.24. The Labute approximate surface area is 141 Å². The van der Waals surface area contributed by atoms with E-state index in [2.05, 4.69) is 10.6 Å². The highest BCUT2D eigenvalue weighted by molar-refractivity contribution is 6.31. The van der Waals surface area contributed by atoms with Crippen molar-refractivity contribution in [2.24, 2.45) is 11.3 Å². The lowest BCUT2D eigenvalue weighted by Crippen LogP contribution is -2.34. The molecule has 1 saturated carbocycles. The highest BCUT2D eigenvalue weighted by Gasteiger charge is 2.57. The average molecular weight is 347 g/mol. The summed E-state index contributed by atoms with van der Waals surface area (Å²) in [6.45, 7) is 3.75. The molecule has 1 spiro atoms. The molecule has 1 aromatic carbocycles. The third kappa shape index (κ3) is 3.24. The molecule has 2 atom stereocenters. The van der Waals surface area contributed by atoms with Gasteiger partial charge in [-0.1, -0.05) is 17.7 Å². The number of nitrogens with one attached hydrogen (secondary N) is 2. The summed E-state index contributed by atoms with van der Waals surface area (Å²) in [5, 5.41) is 6.61. The first-order chi connectivity index (χ1) is 10.0. The molecule has 2 aliphatic rings. The fourth-order valence-corrected chi connectivity index (χ4v) is 3.83. The van der Waals surface area contributed by atoms with E-state index in [1.165, 1.54) is 6.07 Å². The van der Waals surface area contributed by atoms with Crippen molar-refractivity contribution in [1.82, 2.24) is 10.6 Å². The third-order valence-electron chi connectivity index (χ3n) is 4.90. The van der Waals surface area contributed by atoms with Crippen LogP contribution in [0.3, 0.4) is 0 Å². The van der Waals surface area contributed by atoms with Crippen LogP contribution in [0.25, 0.3) is 0 Å². The van der Waals surface area contributed by atoms with Gasteiger partial charge < -0.3 is 10.6 Å². The van der Waals surface area contributed by atoms with Crippen molar-refractivity contribution in [3.05, 3.63) is 34.6 Å². The molecule has 2 unspecified atom stereocenters. The zero-order valence-electron chi connectivity index (χ0n) is 12.5. The van der Waals surface area contributed by atoms with Crippen LogP contribution < -0.4 is 10.6 Å². The van der Waals surface area contributed by atoms with Gasteiger partial charge in [0.05, 0.1) is 6.04 Å². The maximum Gasteiger partial charge on any atom is 0.224 e. The molecule has 1 aromatic rings. The van der Waals surface area contributed by atoms with Gasteiger partial charge in [0.15, 0.2) is 0 Å². The first-order valence-electron chi connectivity index (χ1n) is 7.48. The predicted octanol–water partition coefficient (Wildman–Crippen LogP) is 3.47. The number of hydrogen-bond acceptors (Lipinski definition) is 2. The summed E-state index contributed by atoms with van der Waals surface area (Å²) in [6, 6.07) is 4.18. The summed E-state index contributed by atoms with van der Waals surface area (Å²) in [7, 11) is 0.